The second kappa shape index (κ2) is 5.03. The first-order valence-corrected chi connectivity index (χ1v) is 7.26. The predicted molar refractivity (Wildman–Crippen MR) is 91.7 cm³/mol. The van der Waals surface area contributed by atoms with Gasteiger partial charge >= 0.3 is 0 Å². The van der Waals surface area contributed by atoms with Gasteiger partial charge in [0.05, 0.1) is 16.4 Å². The summed E-state index contributed by atoms with van der Waals surface area (Å²) in [5.41, 5.74) is 13.1. The van der Waals surface area contributed by atoms with E-state index in [2.05, 4.69) is 15.0 Å². The number of rotatable bonds is 2. The lowest BCUT2D eigenvalue weighted by Gasteiger charge is -2.10. The van der Waals surface area contributed by atoms with Gasteiger partial charge in [0, 0.05) is 22.7 Å². The normalized spacial score (nSPS) is 11.2. The maximum Gasteiger partial charge on any atom is 0.222 e. The highest BCUT2D eigenvalue weighted by Gasteiger charge is 2.14. The van der Waals surface area contributed by atoms with Crippen molar-refractivity contribution < 1.29 is 4.74 Å². The van der Waals surface area contributed by atoms with E-state index < -0.39 is 0 Å². The van der Waals surface area contributed by atoms with Gasteiger partial charge in [-0.15, -0.1) is 0 Å². The van der Waals surface area contributed by atoms with Crippen LogP contribution in [0.2, 0.25) is 5.02 Å². The van der Waals surface area contributed by atoms with Crippen molar-refractivity contribution in [3.05, 3.63) is 47.6 Å². The van der Waals surface area contributed by atoms with Crippen LogP contribution in [0.1, 0.15) is 0 Å². The smallest absolute Gasteiger partial charge is 0.222 e. The summed E-state index contributed by atoms with van der Waals surface area (Å²) < 4.78 is 5.97. The average Bonchev–Trinajstić information content (AvgIpc) is 2.96. The number of H-pyrrole nitrogens is 1. The summed E-state index contributed by atoms with van der Waals surface area (Å²) in [6.45, 7) is 0. The molecule has 0 unspecified atom stereocenters. The Morgan fingerprint density at radius 2 is 1.96 bits per heavy atom. The zero-order valence-electron chi connectivity index (χ0n) is 11.9. The van der Waals surface area contributed by atoms with Gasteiger partial charge in [-0.25, -0.2) is 4.98 Å². The van der Waals surface area contributed by atoms with Gasteiger partial charge in [0.25, 0.3) is 0 Å². The standard InChI is InChI=1S/C16H12ClN5O/c17-8-2-1-3-9(6-8)23-12-7-11-13(14-10(12)4-5-20-14)15(18)22-16(19)21-11/h1-7,20H,(H4,18,19,21,22). The highest BCUT2D eigenvalue weighted by molar-refractivity contribution is 6.30. The molecular weight excluding hydrogens is 314 g/mol. The van der Waals surface area contributed by atoms with Gasteiger partial charge in [0.1, 0.15) is 17.3 Å². The first-order valence-electron chi connectivity index (χ1n) is 6.88. The highest BCUT2D eigenvalue weighted by Crippen LogP contribution is 2.37. The molecule has 0 aliphatic heterocycles. The Hall–Kier alpha value is -2.99. The minimum atomic E-state index is 0.120. The van der Waals surface area contributed by atoms with E-state index in [0.29, 0.717) is 27.9 Å². The second-order valence-electron chi connectivity index (χ2n) is 5.06. The number of nitrogen functional groups attached to an aromatic ring is 2. The molecule has 0 atom stereocenters. The second-order valence-corrected chi connectivity index (χ2v) is 5.50. The van der Waals surface area contributed by atoms with Crippen molar-refractivity contribution in [3.63, 3.8) is 0 Å². The van der Waals surface area contributed by atoms with Gasteiger partial charge in [-0.2, -0.15) is 4.98 Å². The Labute approximate surface area is 136 Å². The fourth-order valence-electron chi connectivity index (χ4n) is 2.60. The Morgan fingerprint density at radius 3 is 2.78 bits per heavy atom. The minimum absolute atomic E-state index is 0.120. The number of hydrogen-bond donors (Lipinski definition) is 3. The zero-order valence-corrected chi connectivity index (χ0v) is 12.6. The molecule has 114 valence electrons. The third-order valence-corrected chi connectivity index (χ3v) is 3.77. The monoisotopic (exact) mass is 325 g/mol. The lowest BCUT2D eigenvalue weighted by molar-refractivity contribution is 0.489. The summed E-state index contributed by atoms with van der Waals surface area (Å²) in [5.74, 6) is 1.71. The Bertz CT molecular complexity index is 1040. The number of benzene rings is 2. The van der Waals surface area contributed by atoms with E-state index >= 15 is 0 Å². The molecule has 0 saturated carbocycles. The molecule has 0 bridgehead atoms. The van der Waals surface area contributed by atoms with E-state index in [1.54, 1.807) is 18.2 Å². The molecule has 4 rings (SSSR count). The Balaban J connectivity index is 1.96. The zero-order chi connectivity index (χ0) is 16.0. The number of aromatic nitrogens is 3. The SMILES string of the molecule is Nc1nc(N)c2c(cc(Oc3cccc(Cl)c3)c3cc[nH]c32)n1. The molecule has 23 heavy (non-hydrogen) atoms. The average molecular weight is 326 g/mol. The van der Waals surface area contributed by atoms with E-state index in [1.807, 2.05) is 24.4 Å². The van der Waals surface area contributed by atoms with Crippen LogP contribution >= 0.6 is 11.6 Å². The molecular formula is C16H12ClN5O. The van der Waals surface area contributed by atoms with Crippen molar-refractivity contribution in [2.75, 3.05) is 11.5 Å². The third-order valence-electron chi connectivity index (χ3n) is 3.54. The van der Waals surface area contributed by atoms with E-state index in [1.165, 1.54) is 0 Å². The summed E-state index contributed by atoms with van der Waals surface area (Å²) in [4.78, 5) is 11.4. The van der Waals surface area contributed by atoms with Crippen LogP contribution in [0.15, 0.2) is 42.6 Å². The summed E-state index contributed by atoms with van der Waals surface area (Å²) in [6.07, 6.45) is 1.81. The summed E-state index contributed by atoms with van der Waals surface area (Å²) in [6, 6.07) is 10.9. The van der Waals surface area contributed by atoms with Crippen LogP contribution in [-0.4, -0.2) is 15.0 Å². The molecule has 0 aliphatic carbocycles. The molecule has 0 spiro atoms. The number of nitrogens with zero attached hydrogens (tertiary/aromatic N) is 2. The van der Waals surface area contributed by atoms with Crippen LogP contribution in [0.5, 0.6) is 11.5 Å². The van der Waals surface area contributed by atoms with Crippen molar-refractivity contribution in [3.8, 4) is 11.5 Å². The third kappa shape index (κ3) is 2.29. The molecule has 0 fully saturated rings. The topological polar surface area (TPSA) is 103 Å². The van der Waals surface area contributed by atoms with E-state index in [9.17, 15) is 0 Å². The van der Waals surface area contributed by atoms with Gasteiger partial charge in [0.2, 0.25) is 5.95 Å². The van der Waals surface area contributed by atoms with Crippen molar-refractivity contribution in [1.29, 1.82) is 0 Å². The summed E-state index contributed by atoms with van der Waals surface area (Å²) in [7, 11) is 0. The van der Waals surface area contributed by atoms with Crippen LogP contribution < -0.4 is 16.2 Å². The fraction of sp³-hybridized carbons (Fsp3) is 0. The van der Waals surface area contributed by atoms with Crippen LogP contribution in [-0.2, 0) is 0 Å². The number of ether oxygens (including phenoxy) is 1. The number of halogens is 1. The van der Waals surface area contributed by atoms with Crippen molar-refractivity contribution >= 4 is 45.2 Å². The minimum Gasteiger partial charge on any atom is -0.457 e. The summed E-state index contributed by atoms with van der Waals surface area (Å²) >= 11 is 6.00. The molecule has 0 amide bonds. The first-order chi connectivity index (χ1) is 11.1. The highest BCUT2D eigenvalue weighted by atomic mass is 35.5. The van der Waals surface area contributed by atoms with Gasteiger partial charge in [0.15, 0.2) is 0 Å². The number of nitrogens with one attached hydrogen (secondary N) is 1. The number of nitrogens with two attached hydrogens (primary N) is 2. The van der Waals surface area contributed by atoms with Crippen molar-refractivity contribution in [1.82, 2.24) is 15.0 Å². The maximum absolute atomic E-state index is 6.00. The Kier molecular flexibility index (Phi) is 2.99. The van der Waals surface area contributed by atoms with Crippen LogP contribution in [0.4, 0.5) is 11.8 Å². The molecule has 0 aliphatic rings. The molecule has 7 heteroatoms. The van der Waals surface area contributed by atoms with Gasteiger partial charge in [-0.3, -0.25) is 0 Å². The fourth-order valence-corrected chi connectivity index (χ4v) is 2.78. The number of aromatic amines is 1. The predicted octanol–water partition coefficient (Wildman–Crippen LogP) is 3.72. The largest absolute Gasteiger partial charge is 0.457 e. The molecule has 2 aromatic heterocycles. The van der Waals surface area contributed by atoms with Crippen LogP contribution in [0.3, 0.4) is 0 Å². The summed E-state index contributed by atoms with van der Waals surface area (Å²) in [5, 5.41) is 2.19. The number of hydrogen-bond acceptors (Lipinski definition) is 5. The molecule has 2 aromatic carbocycles. The van der Waals surface area contributed by atoms with Crippen LogP contribution in [0, 0.1) is 0 Å². The van der Waals surface area contributed by atoms with Gasteiger partial charge in [-0.1, -0.05) is 17.7 Å². The molecule has 2 heterocycles. The molecule has 4 aromatic rings. The van der Waals surface area contributed by atoms with Crippen LogP contribution in [0.25, 0.3) is 21.8 Å². The lowest BCUT2D eigenvalue weighted by Crippen LogP contribution is -2.01. The van der Waals surface area contributed by atoms with Crippen molar-refractivity contribution in [2.24, 2.45) is 0 Å². The molecule has 6 nitrogen and oxygen atoms in total. The van der Waals surface area contributed by atoms with Gasteiger partial charge in [-0.05, 0) is 24.3 Å². The molecule has 0 saturated heterocycles. The number of anilines is 2. The first kappa shape index (κ1) is 13.7. The lowest BCUT2D eigenvalue weighted by atomic mass is 10.1. The maximum atomic E-state index is 6.00. The van der Waals surface area contributed by atoms with Gasteiger partial charge < -0.3 is 21.2 Å². The quantitative estimate of drug-likeness (QED) is 0.521. The Morgan fingerprint density at radius 1 is 1.09 bits per heavy atom. The molecule has 0 radical (unpaired) electrons. The number of fused-ring (bicyclic) bond motifs is 3. The van der Waals surface area contributed by atoms with E-state index in [4.69, 9.17) is 27.8 Å². The van der Waals surface area contributed by atoms with E-state index in [-0.39, 0.29) is 5.95 Å². The van der Waals surface area contributed by atoms with Crippen molar-refractivity contribution in [2.45, 2.75) is 0 Å². The van der Waals surface area contributed by atoms with E-state index in [0.717, 1.165) is 16.3 Å². The molecule has 5 N–H and O–H groups in total.